The van der Waals surface area contributed by atoms with Crippen molar-refractivity contribution in [3.63, 3.8) is 0 Å². The topological polar surface area (TPSA) is 81.1 Å². The number of nitrogens with two attached hydrogens (primary N) is 1. The molecule has 0 unspecified atom stereocenters. The van der Waals surface area contributed by atoms with Crippen molar-refractivity contribution in [2.24, 2.45) is 0 Å². The van der Waals surface area contributed by atoms with Gasteiger partial charge in [0, 0.05) is 10.7 Å². The van der Waals surface area contributed by atoms with Crippen molar-refractivity contribution >= 4 is 28.2 Å². The van der Waals surface area contributed by atoms with Crippen molar-refractivity contribution in [1.29, 1.82) is 0 Å². The molecule has 100 valence electrons. The van der Waals surface area contributed by atoms with Gasteiger partial charge in [0.1, 0.15) is 12.1 Å². The van der Waals surface area contributed by atoms with Gasteiger partial charge in [0.25, 0.3) is 5.56 Å². The van der Waals surface area contributed by atoms with Gasteiger partial charge in [-0.05, 0) is 36.4 Å². The number of nitrogen functional groups attached to an aromatic ring is 1. The van der Waals surface area contributed by atoms with E-state index >= 15 is 0 Å². The first kappa shape index (κ1) is 12.5. The third kappa shape index (κ3) is 1.98. The monoisotopic (exact) mass is 287 g/mol. The second kappa shape index (κ2) is 4.54. The van der Waals surface area contributed by atoms with Crippen molar-refractivity contribution < 1.29 is 5.11 Å². The molecule has 20 heavy (non-hydrogen) atoms. The largest absolute Gasteiger partial charge is 0.506 e. The lowest BCUT2D eigenvalue weighted by Gasteiger charge is -2.09. The zero-order valence-corrected chi connectivity index (χ0v) is 11.0. The first-order valence-electron chi connectivity index (χ1n) is 5.82. The summed E-state index contributed by atoms with van der Waals surface area (Å²) in [7, 11) is 0. The van der Waals surface area contributed by atoms with Gasteiger partial charge in [0.15, 0.2) is 0 Å². The van der Waals surface area contributed by atoms with Crippen molar-refractivity contribution in [1.82, 2.24) is 9.55 Å². The van der Waals surface area contributed by atoms with Crippen molar-refractivity contribution in [2.45, 2.75) is 0 Å². The van der Waals surface area contributed by atoms with Gasteiger partial charge in [0.2, 0.25) is 0 Å². The Morgan fingerprint density at radius 2 is 2.00 bits per heavy atom. The number of aromatic hydroxyl groups is 1. The molecule has 0 radical (unpaired) electrons. The molecule has 5 nitrogen and oxygen atoms in total. The number of fused-ring (bicyclic) bond motifs is 1. The van der Waals surface area contributed by atoms with Gasteiger partial charge in [-0.15, -0.1) is 0 Å². The van der Waals surface area contributed by atoms with E-state index < -0.39 is 0 Å². The van der Waals surface area contributed by atoms with Gasteiger partial charge >= 0.3 is 0 Å². The summed E-state index contributed by atoms with van der Waals surface area (Å²) < 4.78 is 1.24. The third-order valence-electron chi connectivity index (χ3n) is 2.98. The molecule has 0 bridgehead atoms. The number of phenols is 1. The number of anilines is 1. The van der Waals surface area contributed by atoms with Crippen LogP contribution >= 0.6 is 11.6 Å². The standard InChI is InChI=1S/C14H10ClN3O2/c15-8-1-4-13(19)12(5-8)18-7-17-11-3-2-9(16)6-10(11)14(18)20/h1-7,19H,16H2. The number of halogens is 1. The van der Waals surface area contributed by atoms with Crippen molar-refractivity contribution in [3.8, 4) is 11.4 Å². The highest BCUT2D eigenvalue weighted by molar-refractivity contribution is 6.30. The summed E-state index contributed by atoms with van der Waals surface area (Å²) >= 11 is 5.90. The zero-order chi connectivity index (χ0) is 14.3. The molecule has 3 N–H and O–H groups in total. The highest BCUT2D eigenvalue weighted by Gasteiger charge is 2.10. The van der Waals surface area contributed by atoms with Crippen LogP contribution in [-0.4, -0.2) is 14.7 Å². The maximum absolute atomic E-state index is 12.5. The van der Waals surface area contributed by atoms with Crippen LogP contribution in [0.3, 0.4) is 0 Å². The van der Waals surface area contributed by atoms with Crippen LogP contribution in [0.2, 0.25) is 5.02 Å². The number of rotatable bonds is 1. The van der Waals surface area contributed by atoms with Gasteiger partial charge in [-0.25, -0.2) is 4.98 Å². The van der Waals surface area contributed by atoms with E-state index in [1.54, 1.807) is 18.2 Å². The number of hydrogen-bond donors (Lipinski definition) is 2. The number of phenolic OH excluding ortho intramolecular Hbond substituents is 1. The van der Waals surface area contributed by atoms with Gasteiger partial charge in [-0.1, -0.05) is 11.6 Å². The lowest BCUT2D eigenvalue weighted by atomic mass is 10.2. The van der Waals surface area contributed by atoms with Crippen LogP contribution in [0.25, 0.3) is 16.6 Å². The molecule has 3 rings (SSSR count). The summed E-state index contributed by atoms with van der Waals surface area (Å²) in [6.07, 6.45) is 1.35. The Labute approximate surface area is 118 Å². The molecule has 0 aliphatic rings. The fraction of sp³-hybridized carbons (Fsp3) is 0. The molecule has 0 saturated heterocycles. The van der Waals surface area contributed by atoms with Crippen LogP contribution in [0, 0.1) is 0 Å². The van der Waals surface area contributed by atoms with Crippen LogP contribution in [-0.2, 0) is 0 Å². The van der Waals surface area contributed by atoms with Gasteiger partial charge < -0.3 is 10.8 Å². The Hall–Kier alpha value is -2.53. The normalized spacial score (nSPS) is 10.8. The minimum atomic E-state index is -0.320. The molecule has 3 aromatic rings. The van der Waals surface area contributed by atoms with E-state index in [1.165, 1.54) is 29.1 Å². The molecular weight excluding hydrogens is 278 g/mol. The van der Waals surface area contributed by atoms with Crippen LogP contribution < -0.4 is 11.3 Å². The van der Waals surface area contributed by atoms with E-state index in [0.717, 1.165) is 0 Å². The Balaban J connectivity index is 2.35. The fourth-order valence-corrected chi connectivity index (χ4v) is 2.17. The van der Waals surface area contributed by atoms with Gasteiger partial charge in [0.05, 0.1) is 16.6 Å². The molecule has 2 aromatic carbocycles. The molecule has 0 amide bonds. The molecule has 0 spiro atoms. The number of nitrogens with zero attached hydrogens (tertiary/aromatic N) is 2. The van der Waals surface area contributed by atoms with Gasteiger partial charge in [-0.3, -0.25) is 9.36 Å². The highest BCUT2D eigenvalue weighted by Crippen LogP contribution is 2.24. The van der Waals surface area contributed by atoms with E-state index in [1.807, 2.05) is 0 Å². The first-order valence-corrected chi connectivity index (χ1v) is 6.20. The smallest absolute Gasteiger partial charge is 0.265 e. The predicted molar refractivity (Wildman–Crippen MR) is 78.4 cm³/mol. The maximum atomic E-state index is 12.5. The predicted octanol–water partition coefficient (Wildman–Crippen LogP) is 2.33. The molecule has 0 atom stereocenters. The highest BCUT2D eigenvalue weighted by atomic mass is 35.5. The number of aromatic nitrogens is 2. The molecule has 0 aliphatic heterocycles. The van der Waals surface area contributed by atoms with E-state index in [-0.39, 0.29) is 17.0 Å². The van der Waals surface area contributed by atoms with Crippen molar-refractivity contribution in [3.05, 3.63) is 58.1 Å². The molecule has 0 aliphatic carbocycles. The summed E-state index contributed by atoms with van der Waals surface area (Å²) in [5, 5.41) is 10.7. The quantitative estimate of drug-likeness (QED) is 0.673. The van der Waals surface area contributed by atoms with E-state index in [9.17, 15) is 9.90 Å². The van der Waals surface area contributed by atoms with E-state index in [2.05, 4.69) is 4.98 Å². The van der Waals surface area contributed by atoms with Crippen molar-refractivity contribution in [2.75, 3.05) is 5.73 Å². The summed E-state index contributed by atoms with van der Waals surface area (Å²) in [5.74, 6) is -0.0541. The molecule has 1 heterocycles. The second-order valence-electron chi connectivity index (χ2n) is 4.33. The molecule has 1 aromatic heterocycles. The zero-order valence-electron chi connectivity index (χ0n) is 10.2. The van der Waals surface area contributed by atoms with E-state index in [4.69, 9.17) is 17.3 Å². The third-order valence-corrected chi connectivity index (χ3v) is 3.21. The Morgan fingerprint density at radius 3 is 2.80 bits per heavy atom. The lowest BCUT2D eigenvalue weighted by Crippen LogP contribution is -2.19. The summed E-state index contributed by atoms with van der Waals surface area (Å²) in [6.45, 7) is 0. The summed E-state index contributed by atoms with van der Waals surface area (Å²) in [6, 6.07) is 9.37. The summed E-state index contributed by atoms with van der Waals surface area (Å²) in [5.41, 5.74) is 6.67. The van der Waals surface area contributed by atoms with Crippen LogP contribution in [0.4, 0.5) is 5.69 Å². The van der Waals surface area contributed by atoms with Crippen LogP contribution in [0.5, 0.6) is 5.75 Å². The number of benzene rings is 2. The average molecular weight is 288 g/mol. The molecule has 0 saturated carbocycles. The van der Waals surface area contributed by atoms with Crippen LogP contribution in [0.1, 0.15) is 0 Å². The molecule has 6 heteroatoms. The summed E-state index contributed by atoms with van der Waals surface area (Å²) in [4.78, 5) is 16.6. The Morgan fingerprint density at radius 1 is 1.20 bits per heavy atom. The number of hydrogen-bond acceptors (Lipinski definition) is 4. The minimum Gasteiger partial charge on any atom is -0.506 e. The molecular formula is C14H10ClN3O2. The molecule has 0 fully saturated rings. The Kier molecular flexibility index (Phi) is 2.84. The fourth-order valence-electron chi connectivity index (χ4n) is 2.00. The Bertz CT molecular complexity index is 874. The van der Waals surface area contributed by atoms with Crippen LogP contribution in [0.15, 0.2) is 47.5 Å². The lowest BCUT2D eigenvalue weighted by molar-refractivity contribution is 0.471. The van der Waals surface area contributed by atoms with Gasteiger partial charge in [-0.2, -0.15) is 0 Å². The minimum absolute atomic E-state index is 0.0541. The SMILES string of the molecule is Nc1ccc2ncn(-c3cc(Cl)ccc3O)c(=O)c2c1. The first-order chi connectivity index (χ1) is 9.56. The average Bonchev–Trinajstić information content (AvgIpc) is 2.43. The second-order valence-corrected chi connectivity index (χ2v) is 4.77. The van der Waals surface area contributed by atoms with E-state index in [0.29, 0.717) is 21.6 Å². The maximum Gasteiger partial charge on any atom is 0.265 e.